The van der Waals surface area contributed by atoms with Gasteiger partial charge in [-0.25, -0.2) is 0 Å². The maximum Gasteiger partial charge on any atom is 0.0271 e. The number of pyridine rings is 1. The first-order valence-corrected chi connectivity index (χ1v) is 7.18. The zero-order chi connectivity index (χ0) is 12.8. The Hall–Kier alpha value is -0.930. The molecule has 3 nitrogen and oxygen atoms in total. The number of nitrogens with two attached hydrogens (primary N) is 1. The topological polar surface area (TPSA) is 42.2 Å². The summed E-state index contributed by atoms with van der Waals surface area (Å²) in [6.45, 7) is 5.08. The molecule has 0 bridgehead atoms. The molecule has 1 heterocycles. The molecular weight excluding hydrogens is 222 g/mol. The van der Waals surface area contributed by atoms with Crippen LogP contribution in [0.25, 0.3) is 0 Å². The monoisotopic (exact) mass is 247 g/mol. The van der Waals surface area contributed by atoms with Crippen molar-refractivity contribution in [2.75, 3.05) is 13.1 Å². The third-order valence-corrected chi connectivity index (χ3v) is 4.20. The second-order valence-electron chi connectivity index (χ2n) is 5.27. The third kappa shape index (κ3) is 3.30. The predicted molar refractivity (Wildman–Crippen MR) is 75.1 cm³/mol. The molecule has 1 fully saturated rings. The van der Waals surface area contributed by atoms with Gasteiger partial charge in [-0.3, -0.25) is 9.88 Å². The molecule has 1 unspecified atom stereocenters. The molecule has 0 saturated heterocycles. The third-order valence-electron chi connectivity index (χ3n) is 4.20. The van der Waals surface area contributed by atoms with Crippen LogP contribution in [0.15, 0.2) is 24.5 Å². The summed E-state index contributed by atoms with van der Waals surface area (Å²) in [5.41, 5.74) is 7.37. The Balaban J connectivity index is 2.01. The van der Waals surface area contributed by atoms with Gasteiger partial charge in [-0.05, 0) is 43.0 Å². The normalized spacial score (nSPS) is 18.4. The summed E-state index contributed by atoms with van der Waals surface area (Å²) >= 11 is 0. The predicted octanol–water partition coefficient (Wildman–Crippen LogP) is 2.42. The highest BCUT2D eigenvalue weighted by Crippen LogP contribution is 2.30. The Bertz CT molecular complexity index is 333. The van der Waals surface area contributed by atoms with Crippen LogP contribution in [0.4, 0.5) is 0 Å². The van der Waals surface area contributed by atoms with Gasteiger partial charge in [-0.15, -0.1) is 0 Å². The van der Waals surface area contributed by atoms with Crippen LogP contribution in [0.1, 0.15) is 38.2 Å². The van der Waals surface area contributed by atoms with Crippen molar-refractivity contribution in [1.82, 2.24) is 9.88 Å². The van der Waals surface area contributed by atoms with Crippen molar-refractivity contribution in [3.8, 4) is 0 Å². The van der Waals surface area contributed by atoms with Gasteiger partial charge in [0.05, 0.1) is 0 Å². The molecule has 0 aromatic carbocycles. The van der Waals surface area contributed by atoms with Crippen LogP contribution in [0.5, 0.6) is 0 Å². The standard InChI is InChI=1S/C15H25N3/c1-2-18(12-13-7-9-17-10-8-13)15(11-16)14-5-3-4-6-14/h7-10,14-15H,2-6,11-12,16H2,1H3. The Morgan fingerprint density at radius 2 is 2.00 bits per heavy atom. The van der Waals surface area contributed by atoms with Crippen molar-refractivity contribution in [1.29, 1.82) is 0 Å². The number of hydrogen-bond acceptors (Lipinski definition) is 3. The molecule has 1 saturated carbocycles. The molecule has 0 aliphatic heterocycles. The van der Waals surface area contributed by atoms with E-state index in [1.807, 2.05) is 12.4 Å². The second-order valence-corrected chi connectivity index (χ2v) is 5.27. The molecule has 1 aliphatic rings. The molecule has 1 atom stereocenters. The number of nitrogens with zero attached hydrogens (tertiary/aromatic N) is 2. The Kier molecular flexibility index (Phi) is 5.14. The lowest BCUT2D eigenvalue weighted by atomic mass is 9.96. The molecule has 100 valence electrons. The van der Waals surface area contributed by atoms with E-state index in [1.165, 1.54) is 31.2 Å². The van der Waals surface area contributed by atoms with Crippen molar-refractivity contribution in [3.63, 3.8) is 0 Å². The van der Waals surface area contributed by atoms with Crippen LogP contribution < -0.4 is 5.73 Å². The van der Waals surface area contributed by atoms with Crippen molar-refractivity contribution in [2.24, 2.45) is 11.7 Å². The van der Waals surface area contributed by atoms with Gasteiger partial charge in [0.1, 0.15) is 0 Å². The van der Waals surface area contributed by atoms with Crippen LogP contribution in [-0.2, 0) is 6.54 Å². The number of aromatic nitrogens is 1. The van der Waals surface area contributed by atoms with Gasteiger partial charge in [0, 0.05) is 31.5 Å². The second kappa shape index (κ2) is 6.86. The molecule has 1 aliphatic carbocycles. The number of hydrogen-bond donors (Lipinski definition) is 1. The molecule has 0 spiro atoms. The highest BCUT2D eigenvalue weighted by atomic mass is 15.2. The molecule has 1 aromatic heterocycles. The van der Waals surface area contributed by atoms with Gasteiger partial charge in [0.2, 0.25) is 0 Å². The number of likely N-dealkylation sites (N-methyl/N-ethyl adjacent to an activating group) is 1. The van der Waals surface area contributed by atoms with Crippen LogP contribution >= 0.6 is 0 Å². The quantitative estimate of drug-likeness (QED) is 0.839. The fraction of sp³-hybridized carbons (Fsp3) is 0.667. The summed E-state index contributed by atoms with van der Waals surface area (Å²) in [4.78, 5) is 6.61. The molecule has 18 heavy (non-hydrogen) atoms. The van der Waals surface area contributed by atoms with E-state index < -0.39 is 0 Å². The Morgan fingerprint density at radius 3 is 2.56 bits per heavy atom. The Labute approximate surface area is 110 Å². The van der Waals surface area contributed by atoms with Crippen LogP contribution in [0, 0.1) is 5.92 Å². The average Bonchev–Trinajstić information content (AvgIpc) is 2.93. The van der Waals surface area contributed by atoms with Crippen molar-refractivity contribution in [2.45, 2.75) is 45.2 Å². The van der Waals surface area contributed by atoms with E-state index in [0.717, 1.165) is 25.6 Å². The highest BCUT2D eigenvalue weighted by molar-refractivity contribution is 5.09. The van der Waals surface area contributed by atoms with E-state index in [9.17, 15) is 0 Å². The average molecular weight is 247 g/mol. The van der Waals surface area contributed by atoms with Crippen LogP contribution in [0.2, 0.25) is 0 Å². The van der Waals surface area contributed by atoms with E-state index in [-0.39, 0.29) is 0 Å². The van der Waals surface area contributed by atoms with Gasteiger partial charge in [0.25, 0.3) is 0 Å². The molecule has 0 radical (unpaired) electrons. The number of rotatable bonds is 6. The summed E-state index contributed by atoms with van der Waals surface area (Å²) < 4.78 is 0. The Morgan fingerprint density at radius 1 is 1.33 bits per heavy atom. The van der Waals surface area contributed by atoms with Gasteiger partial charge >= 0.3 is 0 Å². The van der Waals surface area contributed by atoms with Crippen LogP contribution in [-0.4, -0.2) is 29.0 Å². The van der Waals surface area contributed by atoms with E-state index in [2.05, 4.69) is 28.9 Å². The zero-order valence-corrected chi connectivity index (χ0v) is 11.4. The summed E-state index contributed by atoms with van der Waals surface area (Å²) in [6.07, 6.45) is 9.22. The first kappa shape index (κ1) is 13.5. The van der Waals surface area contributed by atoms with Crippen molar-refractivity contribution >= 4 is 0 Å². The van der Waals surface area contributed by atoms with Gasteiger partial charge in [-0.2, -0.15) is 0 Å². The minimum absolute atomic E-state index is 0.547. The van der Waals surface area contributed by atoms with E-state index in [1.54, 1.807) is 0 Å². The van der Waals surface area contributed by atoms with Crippen LogP contribution in [0.3, 0.4) is 0 Å². The fourth-order valence-corrected chi connectivity index (χ4v) is 3.17. The lowest BCUT2D eigenvalue weighted by molar-refractivity contribution is 0.146. The maximum atomic E-state index is 6.03. The van der Waals surface area contributed by atoms with Crippen molar-refractivity contribution in [3.05, 3.63) is 30.1 Å². The van der Waals surface area contributed by atoms with E-state index in [0.29, 0.717) is 6.04 Å². The van der Waals surface area contributed by atoms with E-state index in [4.69, 9.17) is 5.73 Å². The van der Waals surface area contributed by atoms with Crippen molar-refractivity contribution < 1.29 is 0 Å². The lowest BCUT2D eigenvalue weighted by Gasteiger charge is -2.34. The lowest BCUT2D eigenvalue weighted by Crippen LogP contribution is -2.44. The summed E-state index contributed by atoms with van der Waals surface area (Å²) in [6, 6.07) is 4.75. The molecule has 1 aromatic rings. The molecule has 2 N–H and O–H groups in total. The minimum Gasteiger partial charge on any atom is -0.329 e. The minimum atomic E-state index is 0.547. The first-order chi connectivity index (χ1) is 8.85. The first-order valence-electron chi connectivity index (χ1n) is 7.18. The summed E-state index contributed by atoms with van der Waals surface area (Å²) in [5, 5.41) is 0. The molecular formula is C15H25N3. The fourth-order valence-electron chi connectivity index (χ4n) is 3.17. The van der Waals surface area contributed by atoms with Gasteiger partial charge < -0.3 is 5.73 Å². The molecule has 0 amide bonds. The SMILES string of the molecule is CCN(Cc1ccncc1)C(CN)C1CCCC1. The summed E-state index contributed by atoms with van der Waals surface area (Å²) in [7, 11) is 0. The largest absolute Gasteiger partial charge is 0.329 e. The van der Waals surface area contributed by atoms with Gasteiger partial charge in [-0.1, -0.05) is 19.8 Å². The molecule has 3 heteroatoms. The van der Waals surface area contributed by atoms with Gasteiger partial charge in [0.15, 0.2) is 0 Å². The molecule has 2 rings (SSSR count). The zero-order valence-electron chi connectivity index (χ0n) is 11.4. The van der Waals surface area contributed by atoms with E-state index >= 15 is 0 Å². The maximum absolute atomic E-state index is 6.03. The smallest absolute Gasteiger partial charge is 0.0271 e. The highest BCUT2D eigenvalue weighted by Gasteiger charge is 2.28. The summed E-state index contributed by atoms with van der Waals surface area (Å²) in [5.74, 6) is 0.803.